The van der Waals surface area contributed by atoms with Crippen LogP contribution in [0.5, 0.6) is 5.75 Å². The van der Waals surface area contributed by atoms with Crippen molar-refractivity contribution in [2.24, 2.45) is 23.2 Å². The molecule has 7 rings (SSSR count). The van der Waals surface area contributed by atoms with Gasteiger partial charge < -0.3 is 26.2 Å². The molecule has 1 aromatic heterocycles. The molecule has 5 N–H and O–H groups in total. The van der Waals surface area contributed by atoms with Crippen molar-refractivity contribution in [2.75, 3.05) is 17.2 Å². The van der Waals surface area contributed by atoms with Crippen LogP contribution >= 0.6 is 0 Å². The van der Waals surface area contributed by atoms with Crippen LogP contribution in [0.3, 0.4) is 0 Å². The Bertz CT molecular complexity index is 1140. The van der Waals surface area contributed by atoms with Gasteiger partial charge in [0.15, 0.2) is 0 Å². The third-order valence-electron chi connectivity index (χ3n) is 9.49. The lowest BCUT2D eigenvalue weighted by Gasteiger charge is -2.61. The fourth-order valence-electron chi connectivity index (χ4n) is 7.99. The maximum absolute atomic E-state index is 10.0. The number of nitrogens with one attached hydrogen (secondary N) is 3. The maximum Gasteiger partial charge on any atom is 0.224 e. The van der Waals surface area contributed by atoms with Gasteiger partial charge in [-0.3, -0.25) is 0 Å². The molecule has 2 aromatic rings. The number of para-hydroxylation sites is 1. The van der Waals surface area contributed by atoms with E-state index in [1.807, 2.05) is 12.1 Å². The van der Waals surface area contributed by atoms with E-state index < -0.39 is 0 Å². The van der Waals surface area contributed by atoms with Crippen LogP contribution < -0.4 is 16.0 Å². The quantitative estimate of drug-likeness (QED) is 0.364. The molecular formula is C29H38N6O2. The Balaban J connectivity index is 1.11. The number of anilines is 2. The molecular weight excluding hydrogens is 464 g/mol. The summed E-state index contributed by atoms with van der Waals surface area (Å²) in [6.45, 7) is 1.24. The predicted molar refractivity (Wildman–Crippen MR) is 142 cm³/mol. The van der Waals surface area contributed by atoms with Gasteiger partial charge in [-0.1, -0.05) is 18.2 Å². The fraction of sp³-hybridized carbons (Fsp3) is 0.621. The standard InChI is InChI=1S/C29H38N6O2/c30-14-22-16-32-28(31-15-19-3-1-2-4-25(19)37)35-27(22)33-17-29-11-18-9-20(12-29)26(21(10-18)13-29)34-23-5-7-24(36)8-6-23/h1-4,16,18,20-21,23-24,26,34,36-37H,5-13,15,17H2,(H2,31,32,33,35)/t18?,20-,21+,23?,24?,26-,29+. The summed E-state index contributed by atoms with van der Waals surface area (Å²) in [4.78, 5) is 8.94. The smallest absolute Gasteiger partial charge is 0.224 e. The molecule has 0 amide bonds. The second-order valence-electron chi connectivity index (χ2n) is 12.1. The van der Waals surface area contributed by atoms with E-state index in [-0.39, 0.29) is 17.3 Å². The second kappa shape index (κ2) is 10.1. The molecule has 5 atom stereocenters. The number of phenolic OH excluding ortho intramolecular Hbond substituents is 1. The lowest BCUT2D eigenvalue weighted by atomic mass is 9.47. The third kappa shape index (κ3) is 5.12. The van der Waals surface area contributed by atoms with E-state index in [0.29, 0.717) is 36.0 Å². The number of benzene rings is 1. The Morgan fingerprint density at radius 2 is 1.78 bits per heavy atom. The Kier molecular flexibility index (Phi) is 6.68. The van der Waals surface area contributed by atoms with E-state index in [4.69, 9.17) is 0 Å². The number of aromatic hydroxyl groups is 1. The van der Waals surface area contributed by atoms with Crippen molar-refractivity contribution in [3.05, 3.63) is 41.6 Å². The first-order chi connectivity index (χ1) is 18.0. The van der Waals surface area contributed by atoms with E-state index in [1.54, 1.807) is 18.3 Å². The highest BCUT2D eigenvalue weighted by Crippen LogP contribution is 2.60. The molecule has 0 saturated heterocycles. The van der Waals surface area contributed by atoms with Crippen molar-refractivity contribution in [1.82, 2.24) is 15.3 Å². The molecule has 4 bridgehead atoms. The van der Waals surface area contributed by atoms with Gasteiger partial charge in [-0.05, 0) is 87.0 Å². The molecule has 0 spiro atoms. The van der Waals surface area contributed by atoms with Gasteiger partial charge in [0.2, 0.25) is 5.95 Å². The summed E-state index contributed by atoms with van der Waals surface area (Å²) in [5.74, 6) is 3.51. The molecule has 1 aromatic carbocycles. The van der Waals surface area contributed by atoms with Gasteiger partial charge in [0.1, 0.15) is 23.2 Å². The Hall–Kier alpha value is -2.89. The minimum absolute atomic E-state index is 0.104. The van der Waals surface area contributed by atoms with Crippen molar-refractivity contribution >= 4 is 11.8 Å². The summed E-state index contributed by atoms with van der Waals surface area (Å²) in [5.41, 5.74) is 1.49. The van der Waals surface area contributed by atoms with Gasteiger partial charge >= 0.3 is 0 Å². The summed E-state index contributed by atoms with van der Waals surface area (Å²) in [6, 6.07) is 10.6. The Morgan fingerprint density at radius 1 is 1.03 bits per heavy atom. The average Bonchev–Trinajstić information content (AvgIpc) is 2.90. The average molecular weight is 503 g/mol. The number of nitrogens with zero attached hydrogens (tertiary/aromatic N) is 3. The van der Waals surface area contributed by atoms with Crippen LogP contribution in [-0.4, -0.2) is 44.9 Å². The van der Waals surface area contributed by atoms with Crippen molar-refractivity contribution in [2.45, 2.75) is 82.5 Å². The van der Waals surface area contributed by atoms with Gasteiger partial charge in [-0.15, -0.1) is 0 Å². The number of hydrogen-bond acceptors (Lipinski definition) is 8. The lowest BCUT2D eigenvalue weighted by Crippen LogP contribution is -2.61. The minimum Gasteiger partial charge on any atom is -0.508 e. The topological polar surface area (TPSA) is 126 Å². The summed E-state index contributed by atoms with van der Waals surface area (Å²) in [7, 11) is 0. The Labute approximate surface area is 218 Å². The fourth-order valence-corrected chi connectivity index (χ4v) is 7.99. The number of phenols is 1. The van der Waals surface area contributed by atoms with Gasteiger partial charge in [0, 0.05) is 30.7 Å². The minimum atomic E-state index is -0.104. The molecule has 5 fully saturated rings. The van der Waals surface area contributed by atoms with Crippen LogP contribution in [0.1, 0.15) is 68.9 Å². The largest absolute Gasteiger partial charge is 0.508 e. The molecule has 0 radical (unpaired) electrons. The first-order valence-electron chi connectivity index (χ1n) is 14.0. The summed E-state index contributed by atoms with van der Waals surface area (Å²) < 4.78 is 0. The van der Waals surface area contributed by atoms with Gasteiger partial charge in [0.25, 0.3) is 0 Å². The highest BCUT2D eigenvalue weighted by atomic mass is 16.3. The number of nitriles is 1. The molecule has 1 unspecified atom stereocenters. The molecule has 1 heterocycles. The number of aliphatic hydroxyl groups is 1. The van der Waals surface area contributed by atoms with Crippen LogP contribution in [-0.2, 0) is 6.54 Å². The highest BCUT2D eigenvalue weighted by Gasteiger charge is 2.55. The molecule has 5 saturated carbocycles. The number of aromatic nitrogens is 2. The number of hydrogen-bond donors (Lipinski definition) is 5. The predicted octanol–water partition coefficient (Wildman–Crippen LogP) is 4.17. The van der Waals surface area contributed by atoms with Crippen LogP contribution in [0.4, 0.5) is 11.8 Å². The van der Waals surface area contributed by atoms with Crippen LogP contribution in [0.25, 0.3) is 0 Å². The molecule has 8 nitrogen and oxygen atoms in total. The molecule has 5 aliphatic carbocycles. The first-order valence-corrected chi connectivity index (χ1v) is 14.0. The van der Waals surface area contributed by atoms with Crippen LogP contribution in [0, 0.1) is 34.5 Å². The zero-order chi connectivity index (χ0) is 25.4. The van der Waals surface area contributed by atoms with Gasteiger partial charge in [-0.25, -0.2) is 4.98 Å². The number of rotatable bonds is 8. The summed E-state index contributed by atoms with van der Waals surface area (Å²) in [6.07, 6.45) is 11.9. The van der Waals surface area contributed by atoms with E-state index in [9.17, 15) is 15.5 Å². The SMILES string of the molecule is N#Cc1cnc(NCc2ccccc2O)nc1NC[C@@]12CC3C[C@H](C1)[C@@H](NC1CCC(O)CC1)[C@@H](C3)C2. The monoisotopic (exact) mass is 502 g/mol. The summed E-state index contributed by atoms with van der Waals surface area (Å²) >= 11 is 0. The van der Waals surface area contributed by atoms with Crippen molar-refractivity contribution < 1.29 is 10.2 Å². The van der Waals surface area contributed by atoms with Crippen molar-refractivity contribution in [3.8, 4) is 11.8 Å². The van der Waals surface area contributed by atoms with E-state index in [1.165, 1.54) is 32.1 Å². The molecule has 5 aliphatic rings. The van der Waals surface area contributed by atoms with Crippen molar-refractivity contribution in [3.63, 3.8) is 0 Å². The zero-order valence-corrected chi connectivity index (χ0v) is 21.4. The normalized spacial score (nSPS) is 34.2. The van der Waals surface area contributed by atoms with Gasteiger partial charge in [0.05, 0.1) is 12.3 Å². The van der Waals surface area contributed by atoms with Crippen LogP contribution in [0.15, 0.2) is 30.5 Å². The molecule has 0 aliphatic heterocycles. The molecule has 8 heteroatoms. The summed E-state index contributed by atoms with van der Waals surface area (Å²) in [5, 5.41) is 40.4. The first kappa shape index (κ1) is 24.4. The second-order valence-corrected chi connectivity index (χ2v) is 12.1. The Morgan fingerprint density at radius 3 is 2.51 bits per heavy atom. The molecule has 196 valence electrons. The molecule has 37 heavy (non-hydrogen) atoms. The van der Waals surface area contributed by atoms with Gasteiger partial charge in [-0.2, -0.15) is 10.2 Å². The third-order valence-corrected chi connectivity index (χ3v) is 9.49. The zero-order valence-electron chi connectivity index (χ0n) is 21.4. The van der Waals surface area contributed by atoms with E-state index in [0.717, 1.165) is 55.5 Å². The van der Waals surface area contributed by atoms with Crippen molar-refractivity contribution in [1.29, 1.82) is 5.26 Å². The maximum atomic E-state index is 10.0. The van der Waals surface area contributed by atoms with E-state index in [2.05, 4.69) is 32.0 Å². The van der Waals surface area contributed by atoms with Crippen LogP contribution in [0.2, 0.25) is 0 Å². The highest BCUT2D eigenvalue weighted by molar-refractivity contribution is 5.53. The number of aliphatic hydroxyl groups excluding tert-OH is 1. The lowest BCUT2D eigenvalue weighted by molar-refractivity contribution is -0.0737. The van der Waals surface area contributed by atoms with E-state index >= 15 is 0 Å².